The fourth-order valence-corrected chi connectivity index (χ4v) is 1.41. The number of aryl methyl sites for hydroxylation is 2. The summed E-state index contributed by atoms with van der Waals surface area (Å²) in [5.41, 5.74) is 0. The highest BCUT2D eigenvalue weighted by atomic mass is 16.3. The molecule has 1 rings (SSSR count). The predicted molar refractivity (Wildman–Crippen MR) is 56.3 cm³/mol. The van der Waals surface area contributed by atoms with Crippen molar-refractivity contribution in [3.05, 3.63) is 23.7 Å². The SMILES string of the molecule is CCCC(=O)CCc1ccc(CC)o1. The number of rotatable bonds is 6. The van der Waals surface area contributed by atoms with Crippen LogP contribution >= 0.6 is 0 Å². The molecule has 1 aromatic heterocycles. The van der Waals surface area contributed by atoms with Gasteiger partial charge in [0, 0.05) is 25.7 Å². The Morgan fingerprint density at radius 1 is 1.21 bits per heavy atom. The minimum atomic E-state index is 0.335. The zero-order valence-corrected chi connectivity index (χ0v) is 9.01. The lowest BCUT2D eigenvalue weighted by atomic mass is 10.1. The van der Waals surface area contributed by atoms with Crippen LogP contribution in [0.1, 0.15) is 44.6 Å². The van der Waals surface area contributed by atoms with Crippen molar-refractivity contribution in [2.45, 2.75) is 46.0 Å². The second-order valence-electron chi connectivity index (χ2n) is 3.51. The van der Waals surface area contributed by atoms with Gasteiger partial charge in [0.25, 0.3) is 0 Å². The van der Waals surface area contributed by atoms with Crippen LogP contribution in [0.4, 0.5) is 0 Å². The van der Waals surface area contributed by atoms with E-state index in [0.717, 1.165) is 30.8 Å². The Hall–Kier alpha value is -1.05. The molecule has 2 heteroatoms. The number of carbonyl (C=O) groups is 1. The average molecular weight is 194 g/mol. The van der Waals surface area contributed by atoms with E-state index in [1.165, 1.54) is 0 Å². The molecule has 0 aliphatic rings. The van der Waals surface area contributed by atoms with Gasteiger partial charge in [-0.25, -0.2) is 0 Å². The molecule has 1 heterocycles. The monoisotopic (exact) mass is 194 g/mol. The molecule has 78 valence electrons. The molecule has 0 spiro atoms. The van der Waals surface area contributed by atoms with Crippen molar-refractivity contribution < 1.29 is 9.21 Å². The average Bonchev–Trinajstić information content (AvgIpc) is 2.63. The quantitative estimate of drug-likeness (QED) is 0.696. The Kier molecular flexibility index (Phi) is 4.44. The Bertz CT molecular complexity index is 286. The molecule has 0 aliphatic heterocycles. The van der Waals surface area contributed by atoms with E-state index in [9.17, 15) is 4.79 Å². The number of hydrogen-bond donors (Lipinski definition) is 0. The maximum Gasteiger partial charge on any atom is 0.133 e. The Labute approximate surface area is 85.3 Å². The van der Waals surface area contributed by atoms with Gasteiger partial charge in [-0.05, 0) is 18.6 Å². The second kappa shape index (κ2) is 5.63. The van der Waals surface area contributed by atoms with E-state index in [2.05, 4.69) is 6.92 Å². The van der Waals surface area contributed by atoms with Crippen molar-refractivity contribution in [2.24, 2.45) is 0 Å². The Morgan fingerprint density at radius 2 is 1.93 bits per heavy atom. The lowest BCUT2D eigenvalue weighted by Crippen LogP contribution is -1.98. The zero-order valence-electron chi connectivity index (χ0n) is 9.01. The summed E-state index contributed by atoms with van der Waals surface area (Å²) in [6.45, 7) is 4.09. The molecule has 1 aromatic rings. The maximum atomic E-state index is 11.3. The molecule has 0 radical (unpaired) electrons. The van der Waals surface area contributed by atoms with Crippen LogP contribution < -0.4 is 0 Å². The summed E-state index contributed by atoms with van der Waals surface area (Å²) < 4.78 is 5.51. The summed E-state index contributed by atoms with van der Waals surface area (Å²) in [5, 5.41) is 0. The smallest absolute Gasteiger partial charge is 0.133 e. The van der Waals surface area contributed by atoms with Gasteiger partial charge in [0.15, 0.2) is 0 Å². The van der Waals surface area contributed by atoms with Gasteiger partial charge in [-0.15, -0.1) is 0 Å². The third-order valence-electron chi connectivity index (χ3n) is 2.24. The summed E-state index contributed by atoms with van der Waals surface area (Å²) in [4.78, 5) is 11.3. The first-order valence-electron chi connectivity index (χ1n) is 5.35. The molecule has 0 amide bonds. The lowest BCUT2D eigenvalue weighted by Gasteiger charge is -1.96. The summed E-state index contributed by atoms with van der Waals surface area (Å²) in [6, 6.07) is 3.96. The Balaban J connectivity index is 2.34. The third kappa shape index (κ3) is 3.36. The van der Waals surface area contributed by atoms with E-state index in [1.807, 2.05) is 19.1 Å². The first kappa shape index (κ1) is 11.0. The summed E-state index contributed by atoms with van der Waals surface area (Å²) in [7, 11) is 0. The fraction of sp³-hybridized carbons (Fsp3) is 0.583. The molecule has 2 nitrogen and oxygen atoms in total. The van der Waals surface area contributed by atoms with E-state index in [1.54, 1.807) is 0 Å². The highest BCUT2D eigenvalue weighted by Crippen LogP contribution is 2.11. The fourth-order valence-electron chi connectivity index (χ4n) is 1.41. The molecule has 0 aromatic carbocycles. The van der Waals surface area contributed by atoms with Crippen molar-refractivity contribution in [2.75, 3.05) is 0 Å². The van der Waals surface area contributed by atoms with Crippen molar-refractivity contribution >= 4 is 5.78 Å². The van der Waals surface area contributed by atoms with Crippen LogP contribution in [-0.2, 0) is 17.6 Å². The van der Waals surface area contributed by atoms with Gasteiger partial charge < -0.3 is 4.42 Å². The molecule has 0 saturated carbocycles. The van der Waals surface area contributed by atoms with Crippen LogP contribution in [0.3, 0.4) is 0 Å². The second-order valence-corrected chi connectivity index (χ2v) is 3.51. The van der Waals surface area contributed by atoms with E-state index < -0.39 is 0 Å². The Morgan fingerprint density at radius 3 is 2.50 bits per heavy atom. The number of carbonyl (C=O) groups excluding carboxylic acids is 1. The van der Waals surface area contributed by atoms with Crippen LogP contribution in [0.5, 0.6) is 0 Å². The molecule has 0 N–H and O–H groups in total. The number of ketones is 1. The first-order valence-corrected chi connectivity index (χ1v) is 5.35. The predicted octanol–water partition coefficient (Wildman–Crippen LogP) is 3.14. The topological polar surface area (TPSA) is 30.2 Å². The summed E-state index contributed by atoms with van der Waals surface area (Å²) >= 11 is 0. The van der Waals surface area contributed by atoms with Gasteiger partial charge in [-0.3, -0.25) is 4.79 Å². The number of furan rings is 1. The van der Waals surface area contributed by atoms with E-state index >= 15 is 0 Å². The van der Waals surface area contributed by atoms with Crippen LogP contribution in [-0.4, -0.2) is 5.78 Å². The summed E-state index contributed by atoms with van der Waals surface area (Å²) in [6.07, 6.45) is 3.92. The minimum absolute atomic E-state index is 0.335. The zero-order chi connectivity index (χ0) is 10.4. The minimum Gasteiger partial charge on any atom is -0.466 e. The standard InChI is InChI=1S/C12H18O2/c1-3-5-10(13)6-7-12-9-8-11(4-2)14-12/h8-9H,3-7H2,1-2H3. The van der Waals surface area contributed by atoms with Gasteiger partial charge in [0.1, 0.15) is 17.3 Å². The molecular weight excluding hydrogens is 176 g/mol. The van der Waals surface area contributed by atoms with Crippen LogP contribution in [0.25, 0.3) is 0 Å². The molecule has 0 bridgehead atoms. The van der Waals surface area contributed by atoms with Crippen molar-refractivity contribution in [3.63, 3.8) is 0 Å². The molecule has 0 fully saturated rings. The normalized spacial score (nSPS) is 10.4. The maximum absolute atomic E-state index is 11.3. The molecule has 0 saturated heterocycles. The van der Waals surface area contributed by atoms with Crippen LogP contribution in [0.2, 0.25) is 0 Å². The molecular formula is C12H18O2. The number of Topliss-reactive ketones (excluding diaryl/α,β-unsaturated/α-hetero) is 1. The third-order valence-corrected chi connectivity index (χ3v) is 2.24. The highest BCUT2D eigenvalue weighted by Gasteiger charge is 2.04. The largest absolute Gasteiger partial charge is 0.466 e. The van der Waals surface area contributed by atoms with Crippen molar-refractivity contribution in [1.82, 2.24) is 0 Å². The molecule has 0 aliphatic carbocycles. The molecule has 0 atom stereocenters. The summed E-state index contributed by atoms with van der Waals surface area (Å²) in [5.74, 6) is 2.27. The van der Waals surface area contributed by atoms with E-state index in [4.69, 9.17) is 4.42 Å². The molecule has 14 heavy (non-hydrogen) atoms. The highest BCUT2D eigenvalue weighted by molar-refractivity contribution is 5.78. The number of hydrogen-bond acceptors (Lipinski definition) is 2. The lowest BCUT2D eigenvalue weighted by molar-refractivity contribution is -0.119. The molecule has 0 unspecified atom stereocenters. The van der Waals surface area contributed by atoms with Gasteiger partial charge >= 0.3 is 0 Å². The first-order chi connectivity index (χ1) is 6.76. The van der Waals surface area contributed by atoms with Crippen LogP contribution in [0.15, 0.2) is 16.5 Å². The van der Waals surface area contributed by atoms with Crippen molar-refractivity contribution in [3.8, 4) is 0 Å². The van der Waals surface area contributed by atoms with E-state index in [-0.39, 0.29) is 0 Å². The van der Waals surface area contributed by atoms with Gasteiger partial charge in [0.2, 0.25) is 0 Å². The van der Waals surface area contributed by atoms with Crippen molar-refractivity contribution in [1.29, 1.82) is 0 Å². The van der Waals surface area contributed by atoms with E-state index in [0.29, 0.717) is 18.6 Å². The van der Waals surface area contributed by atoms with Crippen LogP contribution in [0, 0.1) is 0 Å². The van der Waals surface area contributed by atoms with Gasteiger partial charge in [-0.2, -0.15) is 0 Å². The van der Waals surface area contributed by atoms with Gasteiger partial charge in [0.05, 0.1) is 0 Å². The van der Waals surface area contributed by atoms with Gasteiger partial charge in [-0.1, -0.05) is 13.8 Å².